The van der Waals surface area contributed by atoms with Crippen molar-refractivity contribution in [2.24, 2.45) is 11.8 Å². The predicted octanol–water partition coefficient (Wildman–Crippen LogP) is 1.91. The molecule has 1 aromatic heterocycles. The Morgan fingerprint density at radius 2 is 2.20 bits per heavy atom. The molecule has 1 aliphatic carbocycles. The molecular formula is C18H21N3O3S. The Hall–Kier alpha value is -1.99. The van der Waals surface area contributed by atoms with Crippen LogP contribution in [0.2, 0.25) is 0 Å². The molecule has 0 bridgehead atoms. The van der Waals surface area contributed by atoms with Gasteiger partial charge in [0.15, 0.2) is 0 Å². The Morgan fingerprint density at radius 3 is 2.96 bits per heavy atom. The van der Waals surface area contributed by atoms with Gasteiger partial charge in [0.25, 0.3) is 5.91 Å². The van der Waals surface area contributed by atoms with Crippen molar-refractivity contribution in [1.29, 1.82) is 0 Å². The predicted molar refractivity (Wildman–Crippen MR) is 95.5 cm³/mol. The quantitative estimate of drug-likeness (QED) is 0.885. The molecule has 0 radical (unpaired) electrons. The maximum atomic E-state index is 12.7. The highest BCUT2D eigenvalue weighted by Gasteiger charge is 2.44. The number of nitrogens with one attached hydrogen (secondary N) is 1. The summed E-state index contributed by atoms with van der Waals surface area (Å²) in [4.78, 5) is 30.9. The van der Waals surface area contributed by atoms with Gasteiger partial charge >= 0.3 is 0 Å². The Balaban J connectivity index is 1.47. The van der Waals surface area contributed by atoms with Gasteiger partial charge in [-0.15, -0.1) is 11.3 Å². The number of methoxy groups -OCH3 is 1. The number of nitrogens with zero attached hydrogens (tertiary/aromatic N) is 2. The summed E-state index contributed by atoms with van der Waals surface area (Å²) in [7, 11) is 1.53. The zero-order valence-corrected chi connectivity index (χ0v) is 14.9. The average Bonchev–Trinajstić information content (AvgIpc) is 3.19. The molecule has 0 spiro atoms. The van der Waals surface area contributed by atoms with E-state index in [1.165, 1.54) is 31.3 Å². The summed E-state index contributed by atoms with van der Waals surface area (Å²) in [5.74, 6) is 0.884. The zero-order valence-electron chi connectivity index (χ0n) is 14.1. The second-order valence-electron chi connectivity index (χ2n) is 6.85. The number of rotatable bonds is 5. The van der Waals surface area contributed by atoms with Crippen LogP contribution in [0.25, 0.3) is 10.2 Å². The van der Waals surface area contributed by atoms with Crippen LogP contribution < -0.4 is 5.32 Å². The molecule has 2 fully saturated rings. The highest BCUT2D eigenvalue weighted by atomic mass is 32.1. The summed E-state index contributed by atoms with van der Waals surface area (Å²) in [6.45, 7) is 1.38. The third-order valence-electron chi connectivity index (χ3n) is 5.12. The Morgan fingerprint density at radius 1 is 1.36 bits per heavy atom. The number of amides is 2. The first-order valence-corrected chi connectivity index (χ1v) is 9.44. The van der Waals surface area contributed by atoms with E-state index in [4.69, 9.17) is 4.74 Å². The van der Waals surface area contributed by atoms with Crippen molar-refractivity contribution in [3.05, 3.63) is 29.3 Å². The summed E-state index contributed by atoms with van der Waals surface area (Å²) >= 11 is 1.53. The molecule has 2 aromatic rings. The van der Waals surface area contributed by atoms with E-state index in [2.05, 4.69) is 10.3 Å². The first-order chi connectivity index (χ1) is 12.2. The van der Waals surface area contributed by atoms with Gasteiger partial charge < -0.3 is 15.0 Å². The lowest BCUT2D eigenvalue weighted by Gasteiger charge is -2.19. The second kappa shape index (κ2) is 6.72. The largest absolute Gasteiger partial charge is 0.375 e. The lowest BCUT2D eigenvalue weighted by atomic mass is 9.98. The maximum Gasteiger partial charge on any atom is 0.251 e. The van der Waals surface area contributed by atoms with Crippen LogP contribution in [0.1, 0.15) is 23.2 Å². The summed E-state index contributed by atoms with van der Waals surface area (Å²) in [6, 6.07) is 5.59. The molecule has 132 valence electrons. The van der Waals surface area contributed by atoms with Gasteiger partial charge in [-0.1, -0.05) is 0 Å². The van der Waals surface area contributed by atoms with Crippen LogP contribution in [0.15, 0.2) is 23.7 Å². The van der Waals surface area contributed by atoms with Crippen LogP contribution in [0.5, 0.6) is 0 Å². The molecule has 1 aromatic carbocycles. The highest BCUT2D eigenvalue weighted by molar-refractivity contribution is 7.16. The number of fused-ring (bicyclic) bond motifs is 1. The van der Waals surface area contributed by atoms with E-state index in [0.717, 1.165) is 10.2 Å². The fourth-order valence-electron chi connectivity index (χ4n) is 3.65. The third kappa shape index (κ3) is 3.39. The fraction of sp³-hybridized carbons (Fsp3) is 0.500. The lowest BCUT2D eigenvalue weighted by Crippen LogP contribution is -2.41. The fourth-order valence-corrected chi connectivity index (χ4v) is 4.37. The third-order valence-corrected chi connectivity index (χ3v) is 5.91. The van der Waals surface area contributed by atoms with Crippen molar-refractivity contribution in [3.8, 4) is 0 Å². The van der Waals surface area contributed by atoms with Crippen molar-refractivity contribution in [3.63, 3.8) is 0 Å². The molecule has 1 N–H and O–H groups in total. The number of thiazole rings is 1. The number of carbonyl (C=O) groups excluding carboxylic acids is 2. The number of likely N-dealkylation sites (tertiary alicyclic amines) is 1. The van der Waals surface area contributed by atoms with Gasteiger partial charge in [0.2, 0.25) is 5.91 Å². The molecule has 1 saturated carbocycles. The van der Waals surface area contributed by atoms with Crippen molar-refractivity contribution in [2.45, 2.75) is 18.9 Å². The molecular weight excluding hydrogens is 338 g/mol. The topological polar surface area (TPSA) is 71.5 Å². The van der Waals surface area contributed by atoms with Gasteiger partial charge in [-0.25, -0.2) is 4.98 Å². The number of carbonyl (C=O) groups is 2. The van der Waals surface area contributed by atoms with E-state index in [0.29, 0.717) is 30.5 Å². The summed E-state index contributed by atoms with van der Waals surface area (Å²) in [6.07, 6.45) is 2.38. The minimum absolute atomic E-state index is 0.00372. The molecule has 1 aliphatic heterocycles. The van der Waals surface area contributed by atoms with Gasteiger partial charge in [0.1, 0.15) is 6.61 Å². The van der Waals surface area contributed by atoms with E-state index >= 15 is 0 Å². The van der Waals surface area contributed by atoms with E-state index < -0.39 is 0 Å². The minimum atomic E-state index is -0.0769. The van der Waals surface area contributed by atoms with E-state index in [1.54, 1.807) is 5.51 Å². The second-order valence-corrected chi connectivity index (χ2v) is 7.73. The van der Waals surface area contributed by atoms with Gasteiger partial charge in [-0.3, -0.25) is 9.59 Å². The Labute approximate surface area is 150 Å². The van der Waals surface area contributed by atoms with Gasteiger partial charge in [0, 0.05) is 31.7 Å². The highest BCUT2D eigenvalue weighted by Crippen LogP contribution is 2.41. The van der Waals surface area contributed by atoms with Crippen LogP contribution >= 0.6 is 11.3 Å². The smallest absolute Gasteiger partial charge is 0.251 e. The molecule has 6 nitrogen and oxygen atoms in total. The molecule has 2 heterocycles. The van der Waals surface area contributed by atoms with E-state index in [-0.39, 0.29) is 24.5 Å². The molecule has 2 atom stereocenters. The number of benzene rings is 1. The standard InChI is InChI=1S/C18H21N3O3S/c1-24-9-17(22)21-7-13(11-2-3-11)15(8-21)20-18(23)12-4-5-14-16(6-12)25-10-19-14/h4-6,10-11,13,15H,2-3,7-9H2,1H3,(H,20,23)/t13-,15+/m1/s1. The van der Waals surface area contributed by atoms with Crippen LogP contribution in [-0.4, -0.2) is 54.5 Å². The molecule has 2 aliphatic rings. The SMILES string of the molecule is COCC(=O)N1C[C@H](NC(=O)c2ccc3ncsc3c2)[C@@H](C2CC2)C1. The average molecular weight is 359 g/mol. The van der Waals surface area contributed by atoms with Crippen molar-refractivity contribution in [1.82, 2.24) is 15.2 Å². The molecule has 0 unspecified atom stereocenters. The van der Waals surface area contributed by atoms with E-state index in [1.807, 2.05) is 23.1 Å². The number of hydrogen-bond acceptors (Lipinski definition) is 5. The summed E-state index contributed by atoms with van der Waals surface area (Å²) < 4.78 is 5.97. The minimum Gasteiger partial charge on any atom is -0.375 e. The molecule has 25 heavy (non-hydrogen) atoms. The first kappa shape index (κ1) is 16.5. The normalized spacial score (nSPS) is 23.2. The number of aromatic nitrogens is 1. The first-order valence-electron chi connectivity index (χ1n) is 8.56. The van der Waals surface area contributed by atoms with Crippen LogP contribution in [0.4, 0.5) is 0 Å². The molecule has 1 saturated heterocycles. The number of ether oxygens (including phenoxy) is 1. The monoisotopic (exact) mass is 359 g/mol. The Bertz CT molecular complexity index is 802. The molecule has 2 amide bonds. The van der Waals surface area contributed by atoms with Crippen LogP contribution in [0, 0.1) is 11.8 Å². The number of hydrogen-bond donors (Lipinski definition) is 1. The van der Waals surface area contributed by atoms with Crippen LogP contribution in [-0.2, 0) is 9.53 Å². The maximum absolute atomic E-state index is 12.7. The van der Waals surface area contributed by atoms with Crippen molar-refractivity contribution < 1.29 is 14.3 Å². The van der Waals surface area contributed by atoms with Crippen LogP contribution in [0.3, 0.4) is 0 Å². The summed E-state index contributed by atoms with van der Waals surface area (Å²) in [5, 5.41) is 3.16. The summed E-state index contributed by atoms with van der Waals surface area (Å²) in [5.41, 5.74) is 3.34. The molecule has 7 heteroatoms. The Kier molecular flexibility index (Phi) is 4.43. The van der Waals surface area contributed by atoms with Gasteiger partial charge in [-0.05, 0) is 37.0 Å². The van der Waals surface area contributed by atoms with Gasteiger partial charge in [-0.2, -0.15) is 0 Å². The molecule has 4 rings (SSSR count). The lowest BCUT2D eigenvalue weighted by molar-refractivity contribution is -0.134. The van der Waals surface area contributed by atoms with E-state index in [9.17, 15) is 9.59 Å². The zero-order chi connectivity index (χ0) is 17.4. The van der Waals surface area contributed by atoms with Crippen molar-refractivity contribution >= 4 is 33.4 Å². The van der Waals surface area contributed by atoms with Crippen molar-refractivity contribution in [2.75, 3.05) is 26.8 Å². The van der Waals surface area contributed by atoms with Gasteiger partial charge in [0.05, 0.1) is 21.8 Å².